The Morgan fingerprint density at radius 2 is 1.87 bits per heavy atom. The molecule has 1 aromatic rings. The first kappa shape index (κ1) is 23.5. The fourth-order valence-corrected chi connectivity index (χ4v) is 3.32. The minimum absolute atomic E-state index is 0.334. The van der Waals surface area contributed by atoms with Gasteiger partial charge in [0.05, 0.1) is 12.0 Å². The Labute approximate surface area is 176 Å². The molecule has 1 N–H and O–H groups in total. The number of carbonyl (C=O) groups excluding carboxylic acids is 4. The van der Waals surface area contributed by atoms with Crippen LogP contribution >= 0.6 is 0 Å². The Bertz CT molecular complexity index is 891. The average Bonchev–Trinajstić information content (AvgIpc) is 2.64. The molecule has 1 aliphatic carbocycles. The summed E-state index contributed by atoms with van der Waals surface area (Å²) in [6.07, 6.45) is 3.67. The van der Waals surface area contributed by atoms with Crippen molar-refractivity contribution >= 4 is 29.5 Å². The molecule has 0 bridgehead atoms. The van der Waals surface area contributed by atoms with Crippen molar-refractivity contribution in [3.05, 3.63) is 41.0 Å². The highest BCUT2D eigenvalue weighted by Gasteiger charge is 2.49. The lowest BCUT2D eigenvalue weighted by Crippen LogP contribution is -2.51. The third kappa shape index (κ3) is 5.21. The maximum Gasteiger partial charge on any atom is 0.325 e. The largest absolute Gasteiger partial charge is 0.459 e. The van der Waals surface area contributed by atoms with Crippen molar-refractivity contribution in [1.82, 2.24) is 5.32 Å². The van der Waals surface area contributed by atoms with Crippen LogP contribution < -0.4 is 5.32 Å². The van der Waals surface area contributed by atoms with Gasteiger partial charge in [-0.1, -0.05) is 30.4 Å². The third-order valence-electron chi connectivity index (χ3n) is 4.79. The Hall–Kier alpha value is -2.80. The van der Waals surface area contributed by atoms with Crippen molar-refractivity contribution in [1.29, 1.82) is 0 Å². The van der Waals surface area contributed by atoms with Crippen molar-refractivity contribution in [3.63, 3.8) is 0 Å². The Kier molecular flexibility index (Phi) is 6.98. The number of amides is 1. The average molecular weight is 415 g/mol. The predicted octanol–water partition coefficient (Wildman–Crippen LogP) is 2.46. The van der Waals surface area contributed by atoms with E-state index in [0.29, 0.717) is 17.7 Å². The molecule has 1 aliphatic rings. The van der Waals surface area contributed by atoms with Crippen molar-refractivity contribution in [2.24, 2.45) is 5.92 Å². The first-order valence-corrected chi connectivity index (χ1v) is 9.76. The van der Waals surface area contributed by atoms with E-state index in [2.05, 4.69) is 5.32 Å². The summed E-state index contributed by atoms with van der Waals surface area (Å²) < 4.78 is 10.1. The summed E-state index contributed by atoms with van der Waals surface area (Å²) in [5.74, 6) is -4.00. The molecule has 1 atom stereocenters. The van der Waals surface area contributed by atoms with Gasteiger partial charge in [-0.05, 0) is 45.7 Å². The van der Waals surface area contributed by atoms with Crippen LogP contribution in [0.5, 0.6) is 0 Å². The van der Waals surface area contributed by atoms with Gasteiger partial charge in [-0.2, -0.15) is 0 Å². The minimum Gasteiger partial charge on any atom is -0.459 e. The van der Waals surface area contributed by atoms with E-state index in [9.17, 15) is 19.2 Å². The van der Waals surface area contributed by atoms with E-state index in [0.717, 1.165) is 5.56 Å². The van der Waals surface area contributed by atoms with Crippen LogP contribution in [0.1, 0.15) is 56.1 Å². The first-order chi connectivity index (χ1) is 13.9. The number of hydrogen-bond acceptors (Lipinski definition) is 6. The molecular weight excluding hydrogens is 386 g/mol. The van der Waals surface area contributed by atoms with Gasteiger partial charge in [0, 0.05) is 12.7 Å². The summed E-state index contributed by atoms with van der Waals surface area (Å²) in [5.41, 5.74) is -0.00171. The van der Waals surface area contributed by atoms with E-state index in [1.165, 1.54) is 0 Å². The molecule has 162 valence electrons. The van der Waals surface area contributed by atoms with Crippen LogP contribution in [-0.2, 0) is 29.3 Å². The topological polar surface area (TPSA) is 98.8 Å². The van der Waals surface area contributed by atoms with E-state index >= 15 is 0 Å². The van der Waals surface area contributed by atoms with Gasteiger partial charge in [0.1, 0.15) is 12.1 Å². The van der Waals surface area contributed by atoms with Crippen LogP contribution in [0, 0.1) is 5.92 Å². The van der Waals surface area contributed by atoms with E-state index < -0.39 is 46.9 Å². The monoisotopic (exact) mass is 415 g/mol. The van der Waals surface area contributed by atoms with Gasteiger partial charge in [-0.15, -0.1) is 0 Å². The highest BCUT2D eigenvalue weighted by Crippen LogP contribution is 2.37. The molecule has 0 fully saturated rings. The zero-order valence-electron chi connectivity index (χ0n) is 18.3. The number of methoxy groups -OCH3 is 1. The molecule has 1 unspecified atom stereocenters. The number of rotatable bonds is 6. The van der Waals surface area contributed by atoms with Gasteiger partial charge in [-0.25, -0.2) is 0 Å². The van der Waals surface area contributed by atoms with E-state index in [1.807, 2.05) is 12.2 Å². The Balaban J connectivity index is 2.26. The first-order valence-electron chi connectivity index (χ1n) is 9.76. The summed E-state index contributed by atoms with van der Waals surface area (Å²) in [6.45, 7) is 8.54. The lowest BCUT2D eigenvalue weighted by Gasteiger charge is -2.34. The molecule has 0 heterocycles. The van der Waals surface area contributed by atoms with Crippen molar-refractivity contribution < 1.29 is 28.7 Å². The van der Waals surface area contributed by atoms with Gasteiger partial charge in [0.25, 0.3) is 0 Å². The Morgan fingerprint density at radius 1 is 1.20 bits per heavy atom. The molecule has 1 aromatic carbocycles. The van der Waals surface area contributed by atoms with Gasteiger partial charge < -0.3 is 14.8 Å². The molecule has 0 saturated carbocycles. The zero-order chi connectivity index (χ0) is 22.7. The second-order valence-corrected chi connectivity index (χ2v) is 8.75. The van der Waals surface area contributed by atoms with Gasteiger partial charge in [0.2, 0.25) is 5.91 Å². The summed E-state index contributed by atoms with van der Waals surface area (Å²) in [6, 6.07) is 5.17. The molecule has 0 saturated heterocycles. The zero-order valence-corrected chi connectivity index (χ0v) is 18.3. The second kappa shape index (κ2) is 8.92. The highest BCUT2D eigenvalue weighted by molar-refractivity contribution is 6.29. The van der Waals surface area contributed by atoms with Crippen molar-refractivity contribution in [3.8, 4) is 0 Å². The molecule has 0 radical (unpaired) electrons. The standard InChI is InChI=1S/C23H29NO6/c1-22(2,3)30-17(25)13-24-21(28)18-19(26)15-10-9-14(8-7-11-29-6)12-16(15)23(4,5)20(18)27/h7-10,12,18H,11,13H2,1-6H3,(H,24,28). The number of esters is 1. The molecular formula is C23H29NO6. The third-order valence-corrected chi connectivity index (χ3v) is 4.79. The summed E-state index contributed by atoms with van der Waals surface area (Å²) in [7, 11) is 1.59. The van der Waals surface area contributed by atoms with Gasteiger partial charge >= 0.3 is 5.97 Å². The number of ether oxygens (including phenoxy) is 2. The quantitative estimate of drug-likeness (QED) is 0.566. The lowest BCUT2D eigenvalue weighted by molar-refractivity contribution is -0.155. The lowest BCUT2D eigenvalue weighted by atomic mass is 9.66. The fourth-order valence-electron chi connectivity index (χ4n) is 3.32. The van der Waals surface area contributed by atoms with Crippen LogP contribution in [0.15, 0.2) is 24.3 Å². The molecule has 30 heavy (non-hydrogen) atoms. The maximum absolute atomic E-state index is 13.1. The van der Waals surface area contributed by atoms with Crippen LogP contribution in [-0.4, -0.2) is 49.3 Å². The molecule has 2 rings (SSSR count). The summed E-state index contributed by atoms with van der Waals surface area (Å²) in [4.78, 5) is 50.5. The normalized spacial score (nSPS) is 18.3. The number of Topliss-reactive ketones (excluding diaryl/α,β-unsaturated/α-hetero) is 2. The molecule has 0 spiro atoms. The number of benzene rings is 1. The summed E-state index contributed by atoms with van der Waals surface area (Å²) in [5, 5.41) is 2.37. The summed E-state index contributed by atoms with van der Waals surface area (Å²) >= 11 is 0. The van der Waals surface area contributed by atoms with Crippen molar-refractivity contribution in [2.75, 3.05) is 20.3 Å². The van der Waals surface area contributed by atoms with Gasteiger partial charge in [0.15, 0.2) is 17.5 Å². The van der Waals surface area contributed by atoms with Crippen molar-refractivity contribution in [2.45, 2.75) is 45.6 Å². The van der Waals surface area contributed by atoms with E-state index in [1.54, 1.807) is 59.9 Å². The van der Waals surface area contributed by atoms with Crippen LogP contribution in [0.25, 0.3) is 6.08 Å². The van der Waals surface area contributed by atoms with E-state index in [-0.39, 0.29) is 0 Å². The molecule has 7 nitrogen and oxygen atoms in total. The smallest absolute Gasteiger partial charge is 0.325 e. The Morgan fingerprint density at radius 3 is 2.47 bits per heavy atom. The van der Waals surface area contributed by atoms with Crippen LogP contribution in [0.4, 0.5) is 0 Å². The number of carbonyl (C=O) groups is 4. The maximum atomic E-state index is 13.1. The van der Waals surface area contributed by atoms with Crippen LogP contribution in [0.3, 0.4) is 0 Å². The molecule has 0 aromatic heterocycles. The number of nitrogens with one attached hydrogen (secondary N) is 1. The predicted molar refractivity (Wildman–Crippen MR) is 112 cm³/mol. The fraction of sp³-hybridized carbons (Fsp3) is 0.478. The second-order valence-electron chi connectivity index (χ2n) is 8.75. The van der Waals surface area contributed by atoms with E-state index in [4.69, 9.17) is 9.47 Å². The van der Waals surface area contributed by atoms with Crippen LogP contribution in [0.2, 0.25) is 0 Å². The number of hydrogen-bond donors (Lipinski definition) is 1. The number of fused-ring (bicyclic) bond motifs is 1. The number of ketones is 2. The van der Waals surface area contributed by atoms with Gasteiger partial charge in [-0.3, -0.25) is 19.2 Å². The molecule has 7 heteroatoms. The molecule has 0 aliphatic heterocycles. The SMILES string of the molecule is COCC=Cc1ccc2c(c1)C(C)(C)C(=O)C(C(=O)NCC(=O)OC(C)(C)C)C2=O. The highest BCUT2D eigenvalue weighted by atomic mass is 16.6. The molecule has 1 amide bonds. The minimum atomic E-state index is -1.50.